The van der Waals surface area contributed by atoms with E-state index in [0.717, 1.165) is 28.6 Å². The molecule has 0 amide bonds. The molecule has 1 N–H and O–H groups in total. The van der Waals surface area contributed by atoms with Gasteiger partial charge in [0, 0.05) is 22.8 Å². The summed E-state index contributed by atoms with van der Waals surface area (Å²) in [5.74, 6) is 1.63. The third-order valence-electron chi connectivity index (χ3n) is 3.41. The van der Waals surface area contributed by atoms with Gasteiger partial charge in [-0.25, -0.2) is 0 Å². The van der Waals surface area contributed by atoms with E-state index in [2.05, 4.69) is 24.4 Å². The summed E-state index contributed by atoms with van der Waals surface area (Å²) in [4.78, 5) is 0. The normalized spacial score (nSPS) is 14.6. The molecule has 4 heteroatoms. The zero-order valence-corrected chi connectivity index (χ0v) is 12.7. The van der Waals surface area contributed by atoms with E-state index in [1.807, 2.05) is 30.3 Å². The van der Waals surface area contributed by atoms with Crippen LogP contribution < -0.4 is 14.8 Å². The van der Waals surface area contributed by atoms with Crippen molar-refractivity contribution >= 4 is 17.3 Å². The molecule has 21 heavy (non-hydrogen) atoms. The first-order valence-corrected chi connectivity index (χ1v) is 7.49. The Balaban J connectivity index is 1.64. The summed E-state index contributed by atoms with van der Waals surface area (Å²) >= 11 is 5.90. The van der Waals surface area contributed by atoms with Crippen LogP contribution in [0.15, 0.2) is 42.5 Å². The predicted octanol–water partition coefficient (Wildman–Crippen LogP) is 4.15. The zero-order chi connectivity index (χ0) is 14.7. The average molecular weight is 304 g/mol. The molecule has 0 aromatic heterocycles. The van der Waals surface area contributed by atoms with Crippen molar-refractivity contribution in [3.05, 3.63) is 53.1 Å². The van der Waals surface area contributed by atoms with Gasteiger partial charge in [0.25, 0.3) is 0 Å². The summed E-state index contributed by atoms with van der Waals surface area (Å²) in [6.07, 6.45) is 0.936. The number of nitrogens with one attached hydrogen (secondary N) is 1. The lowest BCUT2D eigenvalue weighted by Crippen LogP contribution is -2.19. The number of benzene rings is 2. The third kappa shape index (κ3) is 3.61. The van der Waals surface area contributed by atoms with Gasteiger partial charge in [0.1, 0.15) is 13.2 Å². The highest BCUT2D eigenvalue weighted by molar-refractivity contribution is 6.30. The highest BCUT2D eigenvalue weighted by atomic mass is 35.5. The van der Waals surface area contributed by atoms with Crippen molar-refractivity contribution in [2.24, 2.45) is 0 Å². The van der Waals surface area contributed by atoms with Crippen LogP contribution in [0.3, 0.4) is 0 Å². The van der Waals surface area contributed by atoms with Gasteiger partial charge < -0.3 is 14.8 Å². The molecule has 110 valence electrons. The molecule has 1 aliphatic rings. The molecule has 0 fully saturated rings. The second kappa shape index (κ2) is 6.27. The van der Waals surface area contributed by atoms with Crippen molar-refractivity contribution in [3.63, 3.8) is 0 Å². The number of hydrogen-bond acceptors (Lipinski definition) is 3. The van der Waals surface area contributed by atoms with E-state index in [-0.39, 0.29) is 0 Å². The second-order valence-corrected chi connectivity index (χ2v) is 5.67. The summed E-state index contributed by atoms with van der Waals surface area (Å²) in [6, 6.07) is 14.2. The van der Waals surface area contributed by atoms with Crippen molar-refractivity contribution in [2.45, 2.75) is 19.4 Å². The molecule has 3 nitrogen and oxygen atoms in total. The molecular weight excluding hydrogens is 286 g/mol. The topological polar surface area (TPSA) is 30.5 Å². The van der Waals surface area contributed by atoms with Crippen molar-refractivity contribution in [1.29, 1.82) is 0 Å². The van der Waals surface area contributed by atoms with Gasteiger partial charge in [-0.15, -0.1) is 0 Å². The van der Waals surface area contributed by atoms with E-state index < -0.39 is 0 Å². The monoisotopic (exact) mass is 303 g/mol. The molecule has 1 heterocycles. The van der Waals surface area contributed by atoms with Crippen LogP contribution in [0.1, 0.15) is 12.5 Å². The van der Waals surface area contributed by atoms with Crippen molar-refractivity contribution < 1.29 is 9.47 Å². The molecule has 0 aliphatic carbocycles. The van der Waals surface area contributed by atoms with Gasteiger partial charge in [0.05, 0.1) is 0 Å². The number of halogens is 1. The molecule has 1 unspecified atom stereocenters. The van der Waals surface area contributed by atoms with E-state index in [1.165, 1.54) is 5.56 Å². The Morgan fingerprint density at radius 2 is 1.76 bits per heavy atom. The van der Waals surface area contributed by atoms with E-state index in [9.17, 15) is 0 Å². The van der Waals surface area contributed by atoms with E-state index >= 15 is 0 Å². The molecule has 2 aromatic carbocycles. The molecule has 0 radical (unpaired) electrons. The molecule has 1 atom stereocenters. The zero-order valence-electron chi connectivity index (χ0n) is 11.9. The highest BCUT2D eigenvalue weighted by Gasteiger charge is 2.12. The fraction of sp³-hybridized carbons (Fsp3) is 0.294. The quantitative estimate of drug-likeness (QED) is 0.920. The van der Waals surface area contributed by atoms with Gasteiger partial charge in [-0.2, -0.15) is 0 Å². The Labute approximate surface area is 129 Å². The lowest BCUT2D eigenvalue weighted by atomic mass is 10.1. The van der Waals surface area contributed by atoms with Crippen molar-refractivity contribution in [1.82, 2.24) is 0 Å². The molecule has 0 bridgehead atoms. The smallest absolute Gasteiger partial charge is 0.163 e. The lowest BCUT2D eigenvalue weighted by molar-refractivity contribution is 0.171. The van der Waals surface area contributed by atoms with Gasteiger partial charge in [-0.1, -0.05) is 23.7 Å². The van der Waals surface area contributed by atoms with Crippen LogP contribution in [0.5, 0.6) is 11.5 Å². The summed E-state index contributed by atoms with van der Waals surface area (Å²) in [5, 5.41) is 4.26. The maximum atomic E-state index is 5.90. The molecule has 3 rings (SSSR count). The van der Waals surface area contributed by atoms with Gasteiger partial charge >= 0.3 is 0 Å². The SMILES string of the molecule is CC(Cc1ccc(Cl)cc1)Nc1ccc2c(c1)OCCO2. The number of ether oxygens (including phenoxy) is 2. The van der Waals surface area contributed by atoms with Gasteiger partial charge in [0.15, 0.2) is 11.5 Å². The first-order valence-electron chi connectivity index (χ1n) is 7.11. The molecule has 0 saturated carbocycles. The number of rotatable bonds is 4. The Morgan fingerprint density at radius 1 is 1.05 bits per heavy atom. The average Bonchev–Trinajstić information content (AvgIpc) is 2.49. The van der Waals surface area contributed by atoms with Gasteiger partial charge in [0.2, 0.25) is 0 Å². The van der Waals surface area contributed by atoms with E-state index in [0.29, 0.717) is 19.3 Å². The maximum absolute atomic E-state index is 5.90. The minimum Gasteiger partial charge on any atom is -0.486 e. The Kier molecular flexibility index (Phi) is 4.20. The maximum Gasteiger partial charge on any atom is 0.163 e. The van der Waals surface area contributed by atoms with Crippen LogP contribution in [-0.4, -0.2) is 19.3 Å². The Morgan fingerprint density at radius 3 is 2.52 bits per heavy atom. The van der Waals surface area contributed by atoms with Gasteiger partial charge in [-0.05, 0) is 43.2 Å². The van der Waals surface area contributed by atoms with Crippen LogP contribution in [0.25, 0.3) is 0 Å². The Bertz CT molecular complexity index is 613. The van der Waals surface area contributed by atoms with E-state index in [4.69, 9.17) is 21.1 Å². The van der Waals surface area contributed by atoms with Gasteiger partial charge in [-0.3, -0.25) is 0 Å². The molecular formula is C17H18ClNO2. The summed E-state index contributed by atoms with van der Waals surface area (Å²) in [7, 11) is 0. The molecule has 2 aromatic rings. The van der Waals surface area contributed by atoms with Crippen LogP contribution in [0.2, 0.25) is 5.02 Å². The van der Waals surface area contributed by atoms with Crippen molar-refractivity contribution in [2.75, 3.05) is 18.5 Å². The second-order valence-electron chi connectivity index (χ2n) is 5.23. The summed E-state index contributed by atoms with van der Waals surface area (Å²) in [5.41, 5.74) is 2.30. The molecule has 1 aliphatic heterocycles. The van der Waals surface area contributed by atoms with Crippen molar-refractivity contribution in [3.8, 4) is 11.5 Å². The third-order valence-corrected chi connectivity index (χ3v) is 3.66. The summed E-state index contributed by atoms with van der Waals surface area (Å²) < 4.78 is 11.1. The standard InChI is InChI=1S/C17H18ClNO2/c1-12(10-13-2-4-14(18)5-3-13)19-15-6-7-16-17(11-15)21-9-8-20-16/h2-7,11-12,19H,8-10H2,1H3. The highest BCUT2D eigenvalue weighted by Crippen LogP contribution is 2.32. The largest absolute Gasteiger partial charge is 0.486 e. The fourth-order valence-electron chi connectivity index (χ4n) is 2.44. The summed E-state index contributed by atoms with van der Waals surface area (Å²) in [6.45, 7) is 3.38. The lowest BCUT2D eigenvalue weighted by Gasteiger charge is -2.21. The minimum atomic E-state index is 0.314. The Hall–Kier alpha value is -1.87. The number of hydrogen-bond donors (Lipinski definition) is 1. The fourth-order valence-corrected chi connectivity index (χ4v) is 2.57. The van der Waals surface area contributed by atoms with Crippen LogP contribution >= 0.6 is 11.6 Å². The molecule has 0 saturated heterocycles. The number of anilines is 1. The molecule has 0 spiro atoms. The van der Waals surface area contributed by atoms with E-state index in [1.54, 1.807) is 0 Å². The number of fused-ring (bicyclic) bond motifs is 1. The van der Waals surface area contributed by atoms with Crippen LogP contribution in [0, 0.1) is 0 Å². The minimum absolute atomic E-state index is 0.314. The van der Waals surface area contributed by atoms with Crippen LogP contribution in [-0.2, 0) is 6.42 Å². The first kappa shape index (κ1) is 14.1. The van der Waals surface area contributed by atoms with Crippen LogP contribution in [0.4, 0.5) is 5.69 Å². The predicted molar refractivity (Wildman–Crippen MR) is 85.7 cm³/mol. The first-order chi connectivity index (χ1) is 10.2.